The van der Waals surface area contributed by atoms with Gasteiger partial charge in [-0.1, -0.05) is 65.1 Å². The summed E-state index contributed by atoms with van der Waals surface area (Å²) in [5, 5.41) is 5.59. The van der Waals surface area contributed by atoms with Crippen molar-refractivity contribution in [2.24, 2.45) is 0 Å². The summed E-state index contributed by atoms with van der Waals surface area (Å²) in [6.07, 6.45) is 0. The van der Waals surface area contributed by atoms with Gasteiger partial charge >= 0.3 is 13.2 Å². The molecule has 1 aromatic heterocycles. The molecule has 0 radical (unpaired) electrons. The van der Waals surface area contributed by atoms with Crippen LogP contribution in [0.3, 0.4) is 0 Å². The summed E-state index contributed by atoms with van der Waals surface area (Å²) in [5.74, 6) is -0.141. The summed E-state index contributed by atoms with van der Waals surface area (Å²) in [4.78, 5) is 0. The van der Waals surface area contributed by atoms with Crippen molar-refractivity contribution >= 4 is 34.8 Å². The molecule has 0 unspecified atom stereocenters. The molecule has 1 heterocycles. The lowest BCUT2D eigenvalue weighted by Gasteiger charge is -2.11. The van der Waals surface area contributed by atoms with Crippen molar-refractivity contribution in [2.45, 2.75) is 19.8 Å². The third-order valence-corrected chi connectivity index (χ3v) is 5.84. The fourth-order valence-electron chi connectivity index (χ4n) is 3.47. The predicted molar refractivity (Wildman–Crippen MR) is 127 cm³/mol. The van der Waals surface area contributed by atoms with Crippen LogP contribution in [-0.2, 0) is 6.54 Å². The zero-order valence-corrected chi connectivity index (χ0v) is 19.8. The van der Waals surface area contributed by atoms with Gasteiger partial charge in [-0.2, -0.15) is 22.7 Å². The van der Waals surface area contributed by atoms with E-state index < -0.39 is 13.2 Å². The second kappa shape index (κ2) is 10.8. The Morgan fingerprint density at radius 1 is 0.771 bits per heavy atom. The van der Waals surface area contributed by atoms with Crippen LogP contribution in [-0.4, -0.2) is 23.0 Å². The summed E-state index contributed by atoms with van der Waals surface area (Å²) in [5.41, 5.74) is 2.17. The molecule has 0 aliphatic heterocycles. The van der Waals surface area contributed by atoms with E-state index in [0.29, 0.717) is 32.4 Å². The first kappa shape index (κ1) is 25.2. The lowest BCUT2D eigenvalue weighted by Crippen LogP contribution is -2.05. The molecule has 0 saturated heterocycles. The summed E-state index contributed by atoms with van der Waals surface area (Å²) in [6, 6.07) is 16.8. The zero-order valence-electron chi connectivity index (χ0n) is 17.6. The molecule has 4 nitrogen and oxygen atoms in total. The Morgan fingerprint density at radius 3 is 1.97 bits per heavy atom. The standard InChI is InChI=1S/C24H15Cl3F4N2O2/c25-16-8-7-15(19(26)11-16)12-33-22(14-4-2-6-18(10-14)35-24(30)31)20(27)21(32-33)13-3-1-5-17(9-13)34-23(28)29/h1-11,23-24H,12H2. The second-order valence-corrected chi connectivity index (χ2v) is 8.44. The number of ether oxygens (including phenoxy) is 2. The lowest BCUT2D eigenvalue weighted by atomic mass is 10.1. The minimum absolute atomic E-state index is 0.0697. The molecule has 4 rings (SSSR count). The SMILES string of the molecule is FC(F)Oc1cccc(-c2nn(Cc3ccc(Cl)cc3Cl)c(-c3cccc(OC(F)F)c3)c2Cl)c1. The van der Waals surface area contributed by atoms with E-state index in [-0.39, 0.29) is 28.8 Å². The summed E-state index contributed by atoms with van der Waals surface area (Å²) in [6.45, 7) is -5.86. The van der Waals surface area contributed by atoms with Crippen molar-refractivity contribution < 1.29 is 27.0 Å². The second-order valence-electron chi connectivity index (χ2n) is 7.22. The van der Waals surface area contributed by atoms with Gasteiger partial charge < -0.3 is 9.47 Å². The number of aromatic nitrogens is 2. The Morgan fingerprint density at radius 2 is 1.37 bits per heavy atom. The summed E-state index contributed by atoms with van der Waals surface area (Å²) < 4.78 is 61.5. The van der Waals surface area contributed by atoms with Gasteiger partial charge in [0.05, 0.1) is 17.3 Å². The first-order valence-corrected chi connectivity index (χ1v) is 11.2. The average molecular weight is 546 g/mol. The van der Waals surface area contributed by atoms with Crippen molar-refractivity contribution in [1.29, 1.82) is 0 Å². The number of hydrogen-bond donors (Lipinski definition) is 0. The Balaban J connectivity index is 1.84. The largest absolute Gasteiger partial charge is 0.435 e. The fourth-order valence-corrected chi connectivity index (χ4v) is 4.29. The topological polar surface area (TPSA) is 36.3 Å². The van der Waals surface area contributed by atoms with Gasteiger partial charge in [-0.05, 0) is 42.0 Å². The Hall–Kier alpha value is -2.94. The van der Waals surface area contributed by atoms with Crippen molar-refractivity contribution in [2.75, 3.05) is 0 Å². The van der Waals surface area contributed by atoms with E-state index in [4.69, 9.17) is 34.8 Å². The van der Waals surface area contributed by atoms with Gasteiger partial charge in [0, 0.05) is 21.2 Å². The molecule has 0 atom stereocenters. The molecule has 0 saturated carbocycles. The first-order chi connectivity index (χ1) is 16.7. The van der Waals surface area contributed by atoms with Crippen molar-refractivity contribution in [3.05, 3.63) is 87.4 Å². The van der Waals surface area contributed by atoms with Crippen LogP contribution in [0.5, 0.6) is 11.5 Å². The predicted octanol–water partition coefficient (Wildman–Crippen LogP) is 8.43. The number of halogens is 7. The van der Waals surface area contributed by atoms with E-state index in [1.165, 1.54) is 41.1 Å². The normalized spacial score (nSPS) is 11.3. The molecule has 0 N–H and O–H groups in total. The quantitative estimate of drug-likeness (QED) is 0.209. The van der Waals surface area contributed by atoms with Crippen LogP contribution in [0.15, 0.2) is 66.7 Å². The Kier molecular flexibility index (Phi) is 7.74. The Labute approximate surface area is 212 Å². The van der Waals surface area contributed by atoms with Crippen LogP contribution in [0.4, 0.5) is 17.6 Å². The Bertz CT molecular complexity index is 1350. The van der Waals surface area contributed by atoms with Crippen LogP contribution in [0.25, 0.3) is 22.5 Å². The van der Waals surface area contributed by atoms with Gasteiger partial charge in [-0.15, -0.1) is 0 Å². The van der Waals surface area contributed by atoms with E-state index in [1.54, 1.807) is 30.3 Å². The van der Waals surface area contributed by atoms with Crippen LogP contribution in [0.1, 0.15) is 5.56 Å². The maximum absolute atomic E-state index is 12.8. The fraction of sp³-hybridized carbons (Fsp3) is 0.125. The first-order valence-electron chi connectivity index (χ1n) is 10.0. The lowest BCUT2D eigenvalue weighted by molar-refractivity contribution is -0.0505. The number of nitrogens with zero attached hydrogens (tertiary/aromatic N) is 2. The number of alkyl halides is 4. The minimum atomic E-state index is -3.01. The molecule has 3 aromatic carbocycles. The molecule has 0 bridgehead atoms. The van der Waals surface area contributed by atoms with Crippen molar-refractivity contribution in [3.63, 3.8) is 0 Å². The van der Waals surface area contributed by atoms with Gasteiger partial charge in [0.25, 0.3) is 0 Å². The highest BCUT2D eigenvalue weighted by Crippen LogP contribution is 2.39. The van der Waals surface area contributed by atoms with Crippen LogP contribution >= 0.6 is 34.8 Å². The summed E-state index contributed by atoms with van der Waals surface area (Å²) >= 11 is 19.1. The molecule has 0 fully saturated rings. The van der Waals surface area contributed by atoms with Crippen LogP contribution in [0.2, 0.25) is 15.1 Å². The molecule has 4 aromatic rings. The number of rotatable bonds is 8. The molecule has 0 aliphatic carbocycles. The molecule has 0 aliphatic rings. The van der Waals surface area contributed by atoms with Crippen molar-refractivity contribution in [1.82, 2.24) is 9.78 Å². The monoisotopic (exact) mass is 544 g/mol. The molecular weight excluding hydrogens is 531 g/mol. The number of hydrogen-bond acceptors (Lipinski definition) is 3. The van der Waals surface area contributed by atoms with Gasteiger partial charge in [-0.3, -0.25) is 4.68 Å². The highest BCUT2D eigenvalue weighted by atomic mass is 35.5. The molecule has 0 spiro atoms. The van der Waals surface area contributed by atoms with E-state index in [2.05, 4.69) is 14.6 Å². The third kappa shape index (κ3) is 6.01. The van der Waals surface area contributed by atoms with Gasteiger partial charge in [0.1, 0.15) is 17.2 Å². The maximum Gasteiger partial charge on any atom is 0.387 e. The zero-order chi connectivity index (χ0) is 25.1. The molecule has 0 amide bonds. The molecule has 11 heteroatoms. The molecule has 35 heavy (non-hydrogen) atoms. The van der Waals surface area contributed by atoms with E-state index in [9.17, 15) is 17.6 Å². The number of benzene rings is 3. The molecular formula is C24H15Cl3F4N2O2. The third-order valence-electron chi connectivity index (χ3n) is 4.90. The van der Waals surface area contributed by atoms with E-state index in [0.717, 1.165) is 0 Å². The van der Waals surface area contributed by atoms with Crippen molar-refractivity contribution in [3.8, 4) is 34.0 Å². The van der Waals surface area contributed by atoms with Gasteiger partial charge in [0.15, 0.2) is 0 Å². The highest BCUT2D eigenvalue weighted by molar-refractivity contribution is 6.36. The minimum Gasteiger partial charge on any atom is -0.435 e. The van der Waals surface area contributed by atoms with Gasteiger partial charge in [-0.25, -0.2) is 0 Å². The highest BCUT2D eigenvalue weighted by Gasteiger charge is 2.21. The van der Waals surface area contributed by atoms with Gasteiger partial charge in [0.2, 0.25) is 0 Å². The van der Waals surface area contributed by atoms with E-state index in [1.807, 2.05) is 0 Å². The smallest absolute Gasteiger partial charge is 0.387 e. The van der Waals surface area contributed by atoms with E-state index >= 15 is 0 Å². The van der Waals surface area contributed by atoms with Crippen LogP contribution in [0, 0.1) is 0 Å². The maximum atomic E-state index is 12.8. The average Bonchev–Trinajstić information content (AvgIpc) is 3.11. The molecule has 182 valence electrons. The summed E-state index contributed by atoms with van der Waals surface area (Å²) in [7, 11) is 0. The van der Waals surface area contributed by atoms with Crippen LogP contribution < -0.4 is 9.47 Å².